The lowest BCUT2D eigenvalue weighted by atomic mass is 10.1. The highest BCUT2D eigenvalue weighted by Crippen LogP contribution is 2.18. The lowest BCUT2D eigenvalue weighted by Crippen LogP contribution is -2.31. The van der Waals surface area contributed by atoms with Crippen molar-refractivity contribution in [3.05, 3.63) is 59.9 Å². The van der Waals surface area contributed by atoms with Crippen LogP contribution in [0.2, 0.25) is 0 Å². The minimum absolute atomic E-state index is 0.0573. The fourth-order valence-electron chi connectivity index (χ4n) is 2.19. The number of ether oxygens (including phenoxy) is 3. The Kier molecular flexibility index (Phi) is 7.22. The molecule has 5 nitrogen and oxygen atoms in total. The molecule has 0 bridgehead atoms. The van der Waals surface area contributed by atoms with Crippen LogP contribution in [0, 0.1) is 5.82 Å². The molecule has 6 heteroatoms. The zero-order valence-electron chi connectivity index (χ0n) is 14.0. The van der Waals surface area contributed by atoms with Crippen LogP contribution in [0.1, 0.15) is 12.5 Å². The molecule has 0 radical (unpaired) electrons. The summed E-state index contributed by atoms with van der Waals surface area (Å²) in [6, 6.07) is 12.6. The number of halogens is 1. The van der Waals surface area contributed by atoms with Gasteiger partial charge in [0.25, 0.3) is 0 Å². The van der Waals surface area contributed by atoms with E-state index in [9.17, 15) is 9.18 Å². The Morgan fingerprint density at radius 3 is 2.32 bits per heavy atom. The highest BCUT2D eigenvalue weighted by Gasteiger charge is 2.22. The molecular weight excluding hydrogens is 327 g/mol. The topological polar surface area (TPSA) is 65.0 Å². The molecule has 0 aliphatic rings. The SMILES string of the molecule is CCOC(=O)C(Cc1ccc(OCCO)cc1)Oc1ccc(F)cc1. The van der Waals surface area contributed by atoms with E-state index < -0.39 is 12.1 Å². The highest BCUT2D eigenvalue weighted by molar-refractivity contribution is 5.75. The first-order chi connectivity index (χ1) is 12.1. The predicted molar refractivity (Wildman–Crippen MR) is 90.2 cm³/mol. The van der Waals surface area contributed by atoms with Crippen molar-refractivity contribution in [2.45, 2.75) is 19.4 Å². The van der Waals surface area contributed by atoms with E-state index in [-0.39, 0.29) is 25.6 Å². The molecule has 0 amide bonds. The summed E-state index contributed by atoms with van der Waals surface area (Å²) in [5.41, 5.74) is 0.858. The average Bonchev–Trinajstić information content (AvgIpc) is 2.62. The van der Waals surface area contributed by atoms with Crippen molar-refractivity contribution in [1.29, 1.82) is 0 Å². The standard InChI is InChI=1S/C19H21FO5/c1-2-23-19(22)18(25-17-9-5-15(20)6-10-17)13-14-3-7-16(8-4-14)24-12-11-21/h3-10,18,21H,2,11-13H2,1H3. The maximum atomic E-state index is 13.0. The summed E-state index contributed by atoms with van der Waals surface area (Å²) in [5.74, 6) is 0.165. The molecule has 0 saturated carbocycles. The van der Waals surface area contributed by atoms with Gasteiger partial charge in [-0.3, -0.25) is 0 Å². The van der Waals surface area contributed by atoms with Gasteiger partial charge in [0, 0.05) is 6.42 Å². The van der Waals surface area contributed by atoms with Gasteiger partial charge in [-0.15, -0.1) is 0 Å². The number of carbonyl (C=O) groups is 1. The molecule has 1 N–H and O–H groups in total. The number of esters is 1. The quantitative estimate of drug-likeness (QED) is 0.706. The summed E-state index contributed by atoms with van der Waals surface area (Å²) in [6.07, 6.45) is -0.536. The van der Waals surface area contributed by atoms with Gasteiger partial charge in [0.2, 0.25) is 0 Å². The summed E-state index contributed by atoms with van der Waals surface area (Å²) in [4.78, 5) is 12.2. The Hall–Kier alpha value is -2.60. The first kappa shape index (κ1) is 18.7. The fraction of sp³-hybridized carbons (Fsp3) is 0.316. The minimum Gasteiger partial charge on any atom is -0.491 e. The van der Waals surface area contributed by atoms with E-state index in [1.165, 1.54) is 24.3 Å². The Morgan fingerprint density at radius 2 is 1.72 bits per heavy atom. The van der Waals surface area contributed by atoms with Crippen molar-refractivity contribution in [2.24, 2.45) is 0 Å². The molecule has 134 valence electrons. The van der Waals surface area contributed by atoms with E-state index in [1.807, 2.05) is 12.1 Å². The number of aliphatic hydroxyl groups is 1. The van der Waals surface area contributed by atoms with Gasteiger partial charge in [-0.1, -0.05) is 12.1 Å². The summed E-state index contributed by atoms with van der Waals surface area (Å²) in [6.45, 7) is 2.13. The molecule has 1 unspecified atom stereocenters. The molecule has 0 saturated heterocycles. The van der Waals surface area contributed by atoms with Crippen molar-refractivity contribution in [3.8, 4) is 11.5 Å². The first-order valence-corrected chi connectivity index (χ1v) is 8.04. The van der Waals surface area contributed by atoms with Crippen LogP contribution in [-0.2, 0) is 16.0 Å². The lowest BCUT2D eigenvalue weighted by Gasteiger charge is -2.18. The van der Waals surface area contributed by atoms with Crippen LogP contribution in [0.5, 0.6) is 11.5 Å². The zero-order chi connectivity index (χ0) is 18.1. The van der Waals surface area contributed by atoms with Gasteiger partial charge in [0.1, 0.15) is 23.9 Å². The predicted octanol–water partition coefficient (Wildman–Crippen LogP) is 2.75. The number of carbonyl (C=O) groups excluding carboxylic acids is 1. The summed E-state index contributed by atoms with van der Waals surface area (Å²) >= 11 is 0. The van der Waals surface area contributed by atoms with Crippen molar-refractivity contribution in [1.82, 2.24) is 0 Å². The third kappa shape index (κ3) is 6.08. The van der Waals surface area contributed by atoms with Crippen LogP contribution in [0.25, 0.3) is 0 Å². The Labute approximate surface area is 146 Å². The number of benzene rings is 2. The van der Waals surface area contributed by atoms with Crippen molar-refractivity contribution < 1.29 is 28.5 Å². The number of hydrogen-bond donors (Lipinski definition) is 1. The maximum absolute atomic E-state index is 13.0. The molecule has 0 aliphatic carbocycles. The largest absolute Gasteiger partial charge is 0.491 e. The van der Waals surface area contributed by atoms with E-state index in [1.54, 1.807) is 19.1 Å². The van der Waals surface area contributed by atoms with Crippen LogP contribution >= 0.6 is 0 Å². The summed E-state index contributed by atoms with van der Waals surface area (Å²) < 4.78 is 29.0. The van der Waals surface area contributed by atoms with Crippen molar-refractivity contribution in [3.63, 3.8) is 0 Å². The van der Waals surface area contributed by atoms with Gasteiger partial charge < -0.3 is 19.3 Å². The molecular formula is C19H21FO5. The second-order valence-corrected chi connectivity index (χ2v) is 5.23. The molecule has 0 spiro atoms. The van der Waals surface area contributed by atoms with Crippen molar-refractivity contribution >= 4 is 5.97 Å². The van der Waals surface area contributed by atoms with Crippen LogP contribution in [-0.4, -0.2) is 37.0 Å². The molecule has 0 aliphatic heterocycles. The van der Waals surface area contributed by atoms with Crippen LogP contribution in [0.3, 0.4) is 0 Å². The number of rotatable bonds is 9. The van der Waals surface area contributed by atoms with E-state index in [0.29, 0.717) is 17.9 Å². The molecule has 25 heavy (non-hydrogen) atoms. The van der Waals surface area contributed by atoms with Crippen LogP contribution in [0.15, 0.2) is 48.5 Å². The average molecular weight is 348 g/mol. The third-order valence-electron chi connectivity index (χ3n) is 3.35. The first-order valence-electron chi connectivity index (χ1n) is 8.04. The maximum Gasteiger partial charge on any atom is 0.347 e. The Bertz CT molecular complexity index is 655. The van der Waals surface area contributed by atoms with E-state index in [4.69, 9.17) is 19.3 Å². The monoisotopic (exact) mass is 348 g/mol. The third-order valence-corrected chi connectivity index (χ3v) is 3.35. The molecule has 2 aromatic rings. The van der Waals surface area contributed by atoms with Gasteiger partial charge >= 0.3 is 5.97 Å². The Morgan fingerprint density at radius 1 is 1.08 bits per heavy atom. The highest BCUT2D eigenvalue weighted by atomic mass is 19.1. The van der Waals surface area contributed by atoms with E-state index in [0.717, 1.165) is 5.56 Å². The van der Waals surface area contributed by atoms with E-state index in [2.05, 4.69) is 0 Å². The molecule has 0 aromatic heterocycles. The lowest BCUT2D eigenvalue weighted by molar-refractivity contribution is -0.151. The molecule has 2 aromatic carbocycles. The Balaban J connectivity index is 2.07. The number of aliphatic hydroxyl groups excluding tert-OH is 1. The second-order valence-electron chi connectivity index (χ2n) is 5.23. The number of hydrogen-bond acceptors (Lipinski definition) is 5. The van der Waals surface area contributed by atoms with Crippen LogP contribution in [0.4, 0.5) is 4.39 Å². The fourth-order valence-corrected chi connectivity index (χ4v) is 2.19. The smallest absolute Gasteiger partial charge is 0.347 e. The normalized spacial score (nSPS) is 11.6. The van der Waals surface area contributed by atoms with Crippen molar-refractivity contribution in [2.75, 3.05) is 19.8 Å². The minimum atomic E-state index is -0.838. The second kappa shape index (κ2) is 9.64. The summed E-state index contributed by atoms with van der Waals surface area (Å²) in [5, 5.41) is 8.75. The molecule has 1 atom stereocenters. The van der Waals surface area contributed by atoms with Gasteiger partial charge in [0.05, 0.1) is 13.2 Å². The zero-order valence-corrected chi connectivity index (χ0v) is 14.0. The van der Waals surface area contributed by atoms with Gasteiger partial charge in [0.15, 0.2) is 6.10 Å². The van der Waals surface area contributed by atoms with Crippen LogP contribution < -0.4 is 9.47 Å². The van der Waals surface area contributed by atoms with Gasteiger partial charge in [-0.2, -0.15) is 0 Å². The van der Waals surface area contributed by atoms with Gasteiger partial charge in [-0.05, 0) is 48.9 Å². The molecule has 0 heterocycles. The van der Waals surface area contributed by atoms with Gasteiger partial charge in [-0.25, -0.2) is 9.18 Å². The molecule has 2 rings (SSSR count). The van der Waals surface area contributed by atoms with E-state index >= 15 is 0 Å². The summed E-state index contributed by atoms with van der Waals surface area (Å²) in [7, 11) is 0. The molecule has 0 fully saturated rings.